The Morgan fingerprint density at radius 3 is 2.76 bits per heavy atom. The molecule has 2 atom stereocenters. The number of ether oxygens (including phenoxy) is 1. The van der Waals surface area contributed by atoms with Gasteiger partial charge in [0.2, 0.25) is 11.8 Å². The van der Waals surface area contributed by atoms with Crippen molar-refractivity contribution in [1.29, 1.82) is 0 Å². The number of rotatable bonds is 2. The minimum Gasteiger partial charge on any atom is -0.467 e. The topological polar surface area (TPSA) is 75.7 Å². The van der Waals surface area contributed by atoms with Crippen molar-refractivity contribution in [3.8, 4) is 0 Å². The highest BCUT2D eigenvalue weighted by Gasteiger charge is 2.39. The standard InChI is InChI=1S/C11H16N2O4/c1-17-11(16)8-3-2-6-13(8)10(15)7-4-5-9(14)12-7/h7-8H,2-6H2,1H3,(H,12,14)/t7-,8?/m0/s1. The molecular weight excluding hydrogens is 224 g/mol. The number of carbonyl (C=O) groups is 3. The number of hydrogen-bond acceptors (Lipinski definition) is 4. The molecule has 2 amide bonds. The normalized spacial score (nSPS) is 28.1. The number of hydrogen-bond donors (Lipinski definition) is 1. The number of nitrogens with one attached hydrogen (secondary N) is 1. The van der Waals surface area contributed by atoms with E-state index in [0.29, 0.717) is 25.8 Å². The van der Waals surface area contributed by atoms with Crippen LogP contribution in [0.15, 0.2) is 0 Å². The Morgan fingerprint density at radius 1 is 1.41 bits per heavy atom. The molecule has 2 aliphatic heterocycles. The van der Waals surface area contributed by atoms with Gasteiger partial charge in [0, 0.05) is 13.0 Å². The molecule has 2 heterocycles. The predicted molar refractivity (Wildman–Crippen MR) is 57.9 cm³/mol. The lowest BCUT2D eigenvalue weighted by Gasteiger charge is -2.25. The largest absolute Gasteiger partial charge is 0.467 e. The molecule has 2 fully saturated rings. The van der Waals surface area contributed by atoms with Gasteiger partial charge in [-0.15, -0.1) is 0 Å². The first-order valence-corrected chi connectivity index (χ1v) is 5.81. The van der Waals surface area contributed by atoms with Crippen LogP contribution in [0.3, 0.4) is 0 Å². The van der Waals surface area contributed by atoms with E-state index in [9.17, 15) is 14.4 Å². The summed E-state index contributed by atoms with van der Waals surface area (Å²) in [6, 6.07) is -0.947. The minimum absolute atomic E-state index is 0.0998. The maximum atomic E-state index is 12.1. The number of esters is 1. The molecule has 0 aromatic rings. The molecule has 1 unspecified atom stereocenters. The fraction of sp³-hybridized carbons (Fsp3) is 0.727. The zero-order chi connectivity index (χ0) is 12.4. The first kappa shape index (κ1) is 11.9. The van der Waals surface area contributed by atoms with Crippen molar-refractivity contribution < 1.29 is 19.1 Å². The first-order valence-electron chi connectivity index (χ1n) is 5.81. The molecule has 0 aliphatic carbocycles. The van der Waals surface area contributed by atoms with Crippen molar-refractivity contribution in [3.05, 3.63) is 0 Å². The summed E-state index contributed by atoms with van der Waals surface area (Å²) in [4.78, 5) is 36.2. The smallest absolute Gasteiger partial charge is 0.328 e. The van der Waals surface area contributed by atoms with Gasteiger partial charge in [-0.25, -0.2) is 4.79 Å². The number of amides is 2. The third kappa shape index (κ3) is 2.25. The molecule has 0 radical (unpaired) electrons. The fourth-order valence-corrected chi connectivity index (χ4v) is 2.41. The Hall–Kier alpha value is -1.59. The lowest BCUT2D eigenvalue weighted by molar-refractivity contribution is -0.151. The quantitative estimate of drug-likeness (QED) is 0.656. The van der Waals surface area contributed by atoms with Gasteiger partial charge >= 0.3 is 5.97 Å². The fourth-order valence-electron chi connectivity index (χ4n) is 2.41. The number of carbonyl (C=O) groups excluding carboxylic acids is 3. The second-order valence-corrected chi connectivity index (χ2v) is 4.37. The molecule has 6 nitrogen and oxygen atoms in total. The summed E-state index contributed by atoms with van der Waals surface area (Å²) in [6.07, 6.45) is 2.33. The van der Waals surface area contributed by atoms with Gasteiger partial charge in [-0.1, -0.05) is 0 Å². The zero-order valence-corrected chi connectivity index (χ0v) is 9.77. The van der Waals surface area contributed by atoms with Crippen LogP contribution in [-0.2, 0) is 19.1 Å². The summed E-state index contributed by atoms with van der Waals surface area (Å²) in [6.45, 7) is 0.560. The van der Waals surface area contributed by atoms with Crippen molar-refractivity contribution in [2.75, 3.05) is 13.7 Å². The molecular formula is C11H16N2O4. The van der Waals surface area contributed by atoms with Crippen molar-refractivity contribution in [1.82, 2.24) is 10.2 Å². The monoisotopic (exact) mass is 240 g/mol. The summed E-state index contributed by atoms with van der Waals surface area (Å²) in [5.74, 6) is -0.638. The average Bonchev–Trinajstić information content (AvgIpc) is 2.95. The van der Waals surface area contributed by atoms with Gasteiger partial charge in [-0.05, 0) is 19.3 Å². The van der Waals surface area contributed by atoms with Crippen molar-refractivity contribution in [3.63, 3.8) is 0 Å². The molecule has 2 aliphatic rings. The highest BCUT2D eigenvalue weighted by molar-refractivity contribution is 5.93. The molecule has 17 heavy (non-hydrogen) atoms. The van der Waals surface area contributed by atoms with Gasteiger partial charge in [0.25, 0.3) is 0 Å². The zero-order valence-electron chi connectivity index (χ0n) is 9.77. The van der Waals surface area contributed by atoms with Gasteiger partial charge in [-0.3, -0.25) is 9.59 Å². The molecule has 0 aromatic carbocycles. The van der Waals surface area contributed by atoms with Gasteiger partial charge in [-0.2, -0.15) is 0 Å². The number of likely N-dealkylation sites (tertiary alicyclic amines) is 1. The van der Waals surface area contributed by atoms with Crippen LogP contribution in [0.5, 0.6) is 0 Å². The van der Waals surface area contributed by atoms with Crippen LogP contribution in [0, 0.1) is 0 Å². The Balaban J connectivity index is 2.03. The van der Waals surface area contributed by atoms with E-state index in [-0.39, 0.29) is 17.8 Å². The Morgan fingerprint density at radius 2 is 2.18 bits per heavy atom. The van der Waals surface area contributed by atoms with E-state index in [4.69, 9.17) is 0 Å². The van der Waals surface area contributed by atoms with Crippen LogP contribution in [0.1, 0.15) is 25.7 Å². The van der Waals surface area contributed by atoms with E-state index in [0.717, 1.165) is 6.42 Å². The predicted octanol–water partition coefficient (Wildman–Crippen LogP) is -0.571. The van der Waals surface area contributed by atoms with E-state index in [1.807, 2.05) is 0 Å². The molecule has 2 rings (SSSR count). The van der Waals surface area contributed by atoms with Gasteiger partial charge in [0.05, 0.1) is 7.11 Å². The van der Waals surface area contributed by atoms with Crippen molar-refractivity contribution in [2.45, 2.75) is 37.8 Å². The molecule has 1 N–H and O–H groups in total. The van der Waals surface area contributed by atoms with E-state index in [2.05, 4.69) is 10.1 Å². The van der Waals surface area contributed by atoms with Crippen LogP contribution in [-0.4, -0.2) is 48.4 Å². The summed E-state index contributed by atoms with van der Waals surface area (Å²) in [5, 5.41) is 2.63. The summed E-state index contributed by atoms with van der Waals surface area (Å²) >= 11 is 0. The highest BCUT2D eigenvalue weighted by Crippen LogP contribution is 2.21. The Labute approximate surface area is 99.3 Å². The van der Waals surface area contributed by atoms with Crippen LogP contribution in [0.2, 0.25) is 0 Å². The third-order valence-corrected chi connectivity index (χ3v) is 3.30. The second-order valence-electron chi connectivity index (χ2n) is 4.37. The van der Waals surface area contributed by atoms with E-state index in [1.165, 1.54) is 12.0 Å². The van der Waals surface area contributed by atoms with Crippen molar-refractivity contribution in [2.24, 2.45) is 0 Å². The minimum atomic E-state index is -0.481. The summed E-state index contributed by atoms with van der Waals surface area (Å²) < 4.78 is 4.68. The molecule has 2 saturated heterocycles. The van der Waals surface area contributed by atoms with E-state index in [1.54, 1.807) is 0 Å². The molecule has 6 heteroatoms. The van der Waals surface area contributed by atoms with Crippen LogP contribution < -0.4 is 5.32 Å². The molecule has 94 valence electrons. The average molecular weight is 240 g/mol. The van der Waals surface area contributed by atoms with Crippen LogP contribution in [0.25, 0.3) is 0 Å². The lowest BCUT2D eigenvalue weighted by atomic mass is 10.1. The second kappa shape index (κ2) is 4.73. The molecule has 0 bridgehead atoms. The maximum Gasteiger partial charge on any atom is 0.328 e. The van der Waals surface area contributed by atoms with Gasteiger partial charge in [0.1, 0.15) is 12.1 Å². The maximum absolute atomic E-state index is 12.1. The molecule has 0 spiro atoms. The third-order valence-electron chi connectivity index (χ3n) is 3.30. The highest BCUT2D eigenvalue weighted by atomic mass is 16.5. The van der Waals surface area contributed by atoms with E-state index >= 15 is 0 Å². The Bertz CT molecular complexity index is 355. The lowest BCUT2D eigenvalue weighted by Crippen LogP contribution is -2.49. The SMILES string of the molecule is COC(=O)C1CCCN1C(=O)[C@@H]1CCC(=O)N1. The van der Waals surface area contributed by atoms with Crippen molar-refractivity contribution >= 4 is 17.8 Å². The number of methoxy groups -OCH3 is 1. The molecule has 0 saturated carbocycles. The number of nitrogens with zero attached hydrogens (tertiary/aromatic N) is 1. The summed E-state index contributed by atoms with van der Waals surface area (Å²) in [5.41, 5.74) is 0. The molecule has 0 aromatic heterocycles. The van der Waals surface area contributed by atoms with E-state index < -0.39 is 12.1 Å². The van der Waals surface area contributed by atoms with Gasteiger partial charge < -0.3 is 15.0 Å². The van der Waals surface area contributed by atoms with Gasteiger partial charge in [0.15, 0.2) is 0 Å². The Kier molecular flexibility index (Phi) is 3.31. The first-order chi connectivity index (χ1) is 8.13. The summed E-state index contributed by atoms with van der Waals surface area (Å²) in [7, 11) is 1.32. The van der Waals surface area contributed by atoms with Crippen LogP contribution >= 0.6 is 0 Å². The van der Waals surface area contributed by atoms with Crippen LogP contribution in [0.4, 0.5) is 0 Å².